The molecule has 0 spiro atoms. The molecule has 0 radical (unpaired) electrons. The molecule has 5 nitrogen and oxygen atoms in total. The topological polar surface area (TPSA) is 64.8 Å². The van der Waals surface area contributed by atoms with Gasteiger partial charge in [-0.15, -0.1) is 11.3 Å². The van der Waals surface area contributed by atoms with Gasteiger partial charge < -0.3 is 5.31 Å². The minimum atomic E-state index is -1.43. The Hall–Kier alpha value is -2.27. The van der Waals surface area contributed by atoms with Gasteiger partial charge in [0.05, 0.1) is 24.1 Å². The van der Waals surface area contributed by atoms with Crippen LogP contribution >= 0.6 is 22.9 Å². The molecular formula is C19H17ClFN5S. The molecule has 0 bridgehead atoms. The molecule has 8 heteroatoms. The number of hydrogen-bond donors (Lipinski definition) is 1. The van der Waals surface area contributed by atoms with E-state index in [4.69, 9.17) is 23.8 Å². The molecular weight excluding hydrogens is 385 g/mol. The van der Waals surface area contributed by atoms with Crippen molar-refractivity contribution < 1.29 is 11.3 Å². The van der Waals surface area contributed by atoms with E-state index in [-0.39, 0.29) is 64.9 Å². The molecule has 3 aromatic rings. The highest BCUT2D eigenvalue weighted by molar-refractivity contribution is 7.22. The molecule has 1 aliphatic rings. The van der Waals surface area contributed by atoms with Crippen LogP contribution in [0.3, 0.4) is 0 Å². The normalized spacial score (nSPS) is 20.7. The number of fused-ring (bicyclic) bond motifs is 1. The van der Waals surface area contributed by atoms with E-state index in [0.29, 0.717) is 4.83 Å². The van der Waals surface area contributed by atoms with Crippen LogP contribution in [0.5, 0.6) is 0 Å². The van der Waals surface area contributed by atoms with Gasteiger partial charge in [0, 0.05) is 32.6 Å². The highest BCUT2D eigenvalue weighted by Gasteiger charge is 2.21. The zero-order valence-electron chi connectivity index (χ0n) is 19.0. The van der Waals surface area contributed by atoms with E-state index >= 15 is 0 Å². The van der Waals surface area contributed by atoms with Crippen LogP contribution in [0.4, 0.5) is 10.2 Å². The fourth-order valence-electron chi connectivity index (χ4n) is 2.88. The van der Waals surface area contributed by atoms with Crippen molar-refractivity contribution in [2.24, 2.45) is 0 Å². The number of nitrogens with zero attached hydrogens (tertiary/aromatic N) is 4. The van der Waals surface area contributed by atoms with Crippen LogP contribution in [0.15, 0.2) is 30.5 Å². The van der Waals surface area contributed by atoms with E-state index < -0.39 is 18.4 Å². The molecule has 138 valence electrons. The lowest BCUT2D eigenvalue weighted by Crippen LogP contribution is -2.39. The lowest BCUT2D eigenvalue weighted by atomic mass is 10.0. The summed E-state index contributed by atoms with van der Waals surface area (Å²) in [6, 6.07) is 4.35. The second-order valence-electron chi connectivity index (χ2n) is 6.02. The molecule has 0 amide bonds. The van der Waals surface area contributed by atoms with Crippen molar-refractivity contribution in [1.29, 1.82) is 5.26 Å². The third-order valence-electron chi connectivity index (χ3n) is 4.24. The van der Waals surface area contributed by atoms with Crippen molar-refractivity contribution in [2.45, 2.75) is 25.4 Å². The summed E-state index contributed by atoms with van der Waals surface area (Å²) in [5, 5.41) is 10.2. The summed E-state index contributed by atoms with van der Waals surface area (Å²) in [6.45, 7) is -0.569. The maximum atomic E-state index is 14.2. The first-order valence-electron chi connectivity index (χ1n) is 10.8. The molecule has 0 saturated carbocycles. The van der Waals surface area contributed by atoms with Crippen LogP contribution in [0.1, 0.15) is 29.5 Å². The van der Waals surface area contributed by atoms with Gasteiger partial charge in [0.25, 0.3) is 0 Å². The fraction of sp³-hybridized carbons (Fsp3) is 0.316. The van der Waals surface area contributed by atoms with Gasteiger partial charge in [0.2, 0.25) is 0 Å². The fourth-order valence-corrected chi connectivity index (χ4v) is 3.85. The van der Waals surface area contributed by atoms with Crippen molar-refractivity contribution in [3.8, 4) is 6.07 Å². The molecule has 1 fully saturated rings. The van der Waals surface area contributed by atoms with Gasteiger partial charge in [-0.2, -0.15) is 5.26 Å². The highest BCUT2D eigenvalue weighted by atomic mass is 35.5. The molecule has 1 aliphatic heterocycles. The average molecular weight is 407 g/mol. The van der Waals surface area contributed by atoms with Crippen LogP contribution in [0.2, 0.25) is 5.75 Å². The van der Waals surface area contributed by atoms with Gasteiger partial charge >= 0.3 is 0 Å². The largest absolute Gasteiger partial charge is 0.367 e. The third-order valence-corrected chi connectivity index (χ3v) is 5.34. The minimum absolute atomic E-state index is 0.0215. The van der Waals surface area contributed by atoms with E-state index in [0.717, 1.165) is 16.6 Å². The Morgan fingerprint density at radius 2 is 2.33 bits per heavy atom. The zero-order chi connectivity index (χ0) is 23.2. The Balaban J connectivity index is 1.57. The number of thiophene rings is 1. The summed E-state index contributed by atoms with van der Waals surface area (Å²) >= 11 is 7.07. The SMILES string of the molecule is [2H]c1nc(N([2H])C2([2H])CCN(C([2H])c3cc(C#N)ccc3F)CC2)c2c([2H])c(Cl)sc2n1. The van der Waals surface area contributed by atoms with Crippen molar-refractivity contribution in [3.05, 3.63) is 51.8 Å². The first-order chi connectivity index (χ1) is 15.1. The van der Waals surface area contributed by atoms with E-state index in [1.54, 1.807) is 4.90 Å². The Morgan fingerprint density at radius 1 is 1.52 bits per heavy atom. The minimum Gasteiger partial charge on any atom is -0.367 e. The smallest absolute Gasteiger partial charge is 0.162 e. The molecule has 3 heterocycles. The standard InChI is InChI=1S/C19H17ClFN5S/c20-17-8-15-18(23-11-24-19(15)27-17)25-14-3-5-26(6-4-14)10-13-7-12(9-22)1-2-16(13)21/h1-2,7-8,11,14H,3-6,10H2,(H,23,24,25)/i8D,10D,11D,14D/hD. The van der Waals surface area contributed by atoms with Crippen LogP contribution in [-0.4, -0.2) is 34.0 Å². The Bertz CT molecular complexity index is 1230. The molecule has 1 unspecified atom stereocenters. The number of piperidine rings is 1. The number of aromatic nitrogens is 2. The number of hydrogen-bond acceptors (Lipinski definition) is 6. The first kappa shape index (κ1) is 13.0. The van der Waals surface area contributed by atoms with E-state index in [2.05, 4.69) is 9.97 Å². The number of nitriles is 1. The Labute approximate surface area is 172 Å². The summed E-state index contributed by atoms with van der Waals surface area (Å²) in [5.41, 5.74) is 0.356. The molecule has 2 aromatic heterocycles. The molecule has 1 saturated heterocycles. The number of likely N-dealkylation sites (tertiary alicyclic amines) is 1. The van der Waals surface area contributed by atoms with Gasteiger partial charge in [-0.3, -0.25) is 4.90 Å². The van der Waals surface area contributed by atoms with Gasteiger partial charge in [0.15, 0.2) is 1.41 Å². The number of anilines is 1. The monoisotopic (exact) mass is 406 g/mol. The lowest BCUT2D eigenvalue weighted by Gasteiger charge is -2.32. The molecule has 0 aliphatic carbocycles. The van der Waals surface area contributed by atoms with E-state index in [1.807, 2.05) is 6.07 Å². The molecule has 1 N–H and O–H groups in total. The van der Waals surface area contributed by atoms with Crippen LogP contribution in [0.25, 0.3) is 10.2 Å². The van der Waals surface area contributed by atoms with Crippen molar-refractivity contribution in [3.63, 3.8) is 0 Å². The van der Waals surface area contributed by atoms with E-state index in [9.17, 15) is 4.39 Å². The number of nitrogens with one attached hydrogen (secondary N) is 1. The summed E-state index contributed by atoms with van der Waals surface area (Å²) in [5.74, 6) is -0.593. The average Bonchev–Trinajstić information content (AvgIpc) is 3.06. The molecule has 27 heavy (non-hydrogen) atoms. The quantitative estimate of drug-likeness (QED) is 0.694. The predicted molar refractivity (Wildman–Crippen MR) is 105 cm³/mol. The summed E-state index contributed by atoms with van der Waals surface area (Å²) in [6.07, 6.45) is -0.0342. The maximum absolute atomic E-state index is 14.2. The van der Waals surface area contributed by atoms with Crippen molar-refractivity contribution in [1.82, 2.24) is 14.9 Å². The van der Waals surface area contributed by atoms with Crippen molar-refractivity contribution in [2.75, 3.05) is 18.4 Å². The second-order valence-corrected chi connectivity index (χ2v) is 7.62. The van der Waals surface area contributed by atoms with Crippen LogP contribution in [-0.2, 0) is 6.52 Å². The van der Waals surface area contributed by atoms with Gasteiger partial charge in [-0.25, -0.2) is 14.4 Å². The first-order valence-corrected chi connectivity index (χ1v) is 9.42. The summed E-state index contributed by atoms with van der Waals surface area (Å²) in [7, 11) is 0. The maximum Gasteiger partial charge on any atom is 0.162 e. The van der Waals surface area contributed by atoms with Gasteiger partial charge in [-0.1, -0.05) is 11.6 Å². The number of rotatable bonds is 4. The lowest BCUT2D eigenvalue weighted by molar-refractivity contribution is 0.209. The van der Waals surface area contributed by atoms with Crippen LogP contribution in [0, 0.1) is 17.1 Å². The molecule has 4 rings (SSSR count). The molecule has 1 atom stereocenters. The third kappa shape index (κ3) is 4.03. The van der Waals surface area contributed by atoms with Gasteiger partial charge in [0.1, 0.15) is 24.1 Å². The number of benzene rings is 1. The van der Waals surface area contributed by atoms with Crippen LogP contribution < -0.4 is 5.31 Å². The number of halogens is 2. The molecule has 1 aromatic carbocycles. The Morgan fingerprint density at radius 3 is 3.11 bits per heavy atom. The zero-order valence-corrected chi connectivity index (χ0v) is 15.6. The van der Waals surface area contributed by atoms with Crippen molar-refractivity contribution >= 4 is 39.0 Å². The van der Waals surface area contributed by atoms with E-state index in [1.165, 1.54) is 18.2 Å². The summed E-state index contributed by atoms with van der Waals surface area (Å²) < 4.78 is 56.3. The Kier molecular flexibility index (Phi) is 3.74. The summed E-state index contributed by atoms with van der Waals surface area (Å²) in [4.78, 5) is 9.96. The highest BCUT2D eigenvalue weighted by Crippen LogP contribution is 2.32. The predicted octanol–water partition coefficient (Wildman–Crippen LogP) is 4.43. The van der Waals surface area contributed by atoms with Gasteiger partial charge in [-0.05, 0) is 37.1 Å². The second kappa shape index (κ2) is 7.77.